The molecule has 1 rings (SSSR count). The van der Waals surface area contributed by atoms with Crippen LogP contribution in [-0.4, -0.2) is 25.3 Å². The average Bonchev–Trinajstić information content (AvgIpc) is 2.29. The number of methoxy groups -OCH3 is 1. The van der Waals surface area contributed by atoms with Gasteiger partial charge in [-0.05, 0) is 18.1 Å². The number of aromatic nitrogens is 1. The Morgan fingerprint density at radius 3 is 2.73 bits per heavy atom. The van der Waals surface area contributed by atoms with Gasteiger partial charge in [0, 0.05) is 25.4 Å². The van der Waals surface area contributed by atoms with E-state index in [9.17, 15) is 0 Å². The number of ether oxygens (including phenoxy) is 2. The summed E-state index contributed by atoms with van der Waals surface area (Å²) in [5.41, 5.74) is 7.64. The van der Waals surface area contributed by atoms with Crippen molar-refractivity contribution in [2.45, 2.75) is 19.9 Å². The van der Waals surface area contributed by atoms with Crippen molar-refractivity contribution in [3.63, 3.8) is 0 Å². The molecule has 0 saturated heterocycles. The van der Waals surface area contributed by atoms with E-state index in [-0.39, 0.29) is 0 Å². The van der Waals surface area contributed by atoms with Crippen LogP contribution >= 0.6 is 0 Å². The third-order valence-corrected chi connectivity index (χ3v) is 2.05. The molecule has 1 aromatic rings. The van der Waals surface area contributed by atoms with Gasteiger partial charge in [-0.2, -0.15) is 0 Å². The molecule has 4 nitrogen and oxygen atoms in total. The maximum absolute atomic E-state index is 5.59. The monoisotopic (exact) mass is 210 g/mol. The highest BCUT2D eigenvalue weighted by Gasteiger charge is 2.01. The van der Waals surface area contributed by atoms with E-state index in [1.165, 1.54) is 0 Å². The largest absolute Gasteiger partial charge is 0.475 e. The number of aryl methyl sites for hydroxylation is 1. The number of hydrogen-bond acceptors (Lipinski definition) is 4. The van der Waals surface area contributed by atoms with Crippen LogP contribution in [0.2, 0.25) is 0 Å². The van der Waals surface area contributed by atoms with Gasteiger partial charge < -0.3 is 15.2 Å². The summed E-state index contributed by atoms with van der Waals surface area (Å²) in [7, 11) is 1.64. The Morgan fingerprint density at radius 1 is 1.33 bits per heavy atom. The maximum atomic E-state index is 5.59. The van der Waals surface area contributed by atoms with E-state index < -0.39 is 0 Å². The fraction of sp³-hybridized carbons (Fsp3) is 0.545. The Morgan fingerprint density at radius 2 is 2.13 bits per heavy atom. The first-order chi connectivity index (χ1) is 7.30. The molecule has 4 heteroatoms. The first kappa shape index (κ1) is 11.9. The molecule has 2 N–H and O–H groups in total. The molecule has 0 fully saturated rings. The van der Waals surface area contributed by atoms with Crippen molar-refractivity contribution in [2.24, 2.45) is 5.73 Å². The van der Waals surface area contributed by atoms with Gasteiger partial charge in [-0.3, -0.25) is 0 Å². The molecular weight excluding hydrogens is 192 g/mol. The summed E-state index contributed by atoms with van der Waals surface area (Å²) >= 11 is 0. The van der Waals surface area contributed by atoms with E-state index in [4.69, 9.17) is 15.2 Å². The fourth-order valence-electron chi connectivity index (χ4n) is 1.22. The van der Waals surface area contributed by atoms with Gasteiger partial charge in [0.25, 0.3) is 0 Å². The van der Waals surface area contributed by atoms with Gasteiger partial charge in [-0.25, -0.2) is 4.98 Å². The Hall–Kier alpha value is -1.13. The number of nitrogens with zero attached hydrogens (tertiary/aromatic N) is 1. The van der Waals surface area contributed by atoms with Crippen LogP contribution in [0.4, 0.5) is 0 Å². The highest BCUT2D eigenvalue weighted by molar-refractivity contribution is 5.25. The summed E-state index contributed by atoms with van der Waals surface area (Å²) in [6, 6.07) is 3.87. The average molecular weight is 210 g/mol. The minimum atomic E-state index is 0.510. The predicted octanol–water partition coefficient (Wildman–Crippen LogP) is 1.13. The lowest BCUT2D eigenvalue weighted by Gasteiger charge is -2.08. The van der Waals surface area contributed by atoms with Gasteiger partial charge in [0.05, 0.1) is 6.61 Å². The first-order valence-corrected chi connectivity index (χ1v) is 5.11. The predicted molar refractivity (Wildman–Crippen MR) is 58.9 cm³/mol. The van der Waals surface area contributed by atoms with Crippen molar-refractivity contribution in [1.82, 2.24) is 4.98 Å². The standard InChI is InChI=1S/C11H18N2O2/c1-3-10-6-9(8-12)7-11(13-10)15-5-4-14-2/h6-7H,3-5,8,12H2,1-2H3. The van der Waals surface area contributed by atoms with Gasteiger partial charge in [0.15, 0.2) is 0 Å². The molecule has 0 aliphatic heterocycles. The molecule has 15 heavy (non-hydrogen) atoms. The van der Waals surface area contributed by atoms with Gasteiger partial charge in [-0.15, -0.1) is 0 Å². The van der Waals surface area contributed by atoms with E-state index in [1.807, 2.05) is 12.1 Å². The van der Waals surface area contributed by atoms with Crippen molar-refractivity contribution in [3.8, 4) is 5.88 Å². The highest BCUT2D eigenvalue weighted by Crippen LogP contribution is 2.12. The number of hydrogen-bond donors (Lipinski definition) is 1. The second kappa shape index (κ2) is 6.37. The van der Waals surface area contributed by atoms with Crippen LogP contribution < -0.4 is 10.5 Å². The second-order valence-corrected chi connectivity index (χ2v) is 3.20. The zero-order valence-corrected chi connectivity index (χ0v) is 9.32. The van der Waals surface area contributed by atoms with Gasteiger partial charge in [0.2, 0.25) is 5.88 Å². The second-order valence-electron chi connectivity index (χ2n) is 3.20. The summed E-state index contributed by atoms with van der Waals surface area (Å²) < 4.78 is 10.3. The number of nitrogens with two attached hydrogens (primary N) is 1. The molecule has 0 amide bonds. The minimum Gasteiger partial charge on any atom is -0.475 e. The SMILES string of the molecule is CCc1cc(CN)cc(OCCOC)n1. The van der Waals surface area contributed by atoms with E-state index in [1.54, 1.807) is 7.11 Å². The lowest BCUT2D eigenvalue weighted by atomic mass is 10.2. The molecular formula is C11H18N2O2. The summed E-state index contributed by atoms with van der Waals surface area (Å²) in [5, 5.41) is 0. The number of pyridine rings is 1. The molecule has 0 atom stereocenters. The van der Waals surface area contributed by atoms with Crippen molar-refractivity contribution in [2.75, 3.05) is 20.3 Å². The zero-order valence-electron chi connectivity index (χ0n) is 9.32. The number of rotatable bonds is 6. The summed E-state index contributed by atoms with van der Waals surface area (Å²) in [4.78, 5) is 4.34. The summed E-state index contributed by atoms with van der Waals surface area (Å²) in [5.74, 6) is 0.631. The Bertz CT molecular complexity index is 280. The quantitative estimate of drug-likeness (QED) is 0.715. The van der Waals surface area contributed by atoms with E-state index in [0.29, 0.717) is 25.6 Å². The molecule has 0 unspecified atom stereocenters. The molecule has 1 aromatic heterocycles. The molecule has 0 spiro atoms. The van der Waals surface area contributed by atoms with Crippen LogP contribution in [0.15, 0.2) is 12.1 Å². The Balaban J connectivity index is 2.68. The van der Waals surface area contributed by atoms with Crippen LogP contribution in [0, 0.1) is 0 Å². The Labute approximate surface area is 90.4 Å². The van der Waals surface area contributed by atoms with Crippen LogP contribution in [0.3, 0.4) is 0 Å². The highest BCUT2D eigenvalue weighted by atomic mass is 16.5. The third-order valence-electron chi connectivity index (χ3n) is 2.05. The van der Waals surface area contributed by atoms with Gasteiger partial charge in [0.1, 0.15) is 6.61 Å². The van der Waals surface area contributed by atoms with Crippen molar-refractivity contribution in [1.29, 1.82) is 0 Å². The van der Waals surface area contributed by atoms with Crippen LogP contribution in [0.5, 0.6) is 5.88 Å². The van der Waals surface area contributed by atoms with Gasteiger partial charge >= 0.3 is 0 Å². The molecule has 0 radical (unpaired) electrons. The smallest absolute Gasteiger partial charge is 0.213 e. The Kier molecular flexibility index (Phi) is 5.07. The zero-order chi connectivity index (χ0) is 11.1. The normalized spacial score (nSPS) is 10.3. The topological polar surface area (TPSA) is 57.4 Å². The fourth-order valence-corrected chi connectivity index (χ4v) is 1.22. The van der Waals surface area contributed by atoms with E-state index in [0.717, 1.165) is 17.7 Å². The molecule has 0 aliphatic carbocycles. The molecule has 0 bridgehead atoms. The van der Waals surface area contributed by atoms with Crippen molar-refractivity contribution >= 4 is 0 Å². The first-order valence-electron chi connectivity index (χ1n) is 5.11. The van der Waals surface area contributed by atoms with Crippen LogP contribution in [-0.2, 0) is 17.7 Å². The third kappa shape index (κ3) is 3.85. The summed E-state index contributed by atoms with van der Waals surface area (Å²) in [6.45, 7) is 3.65. The minimum absolute atomic E-state index is 0.510. The molecule has 1 heterocycles. The van der Waals surface area contributed by atoms with Crippen molar-refractivity contribution in [3.05, 3.63) is 23.4 Å². The maximum Gasteiger partial charge on any atom is 0.213 e. The van der Waals surface area contributed by atoms with Crippen LogP contribution in [0.1, 0.15) is 18.2 Å². The lowest BCUT2D eigenvalue weighted by molar-refractivity contribution is 0.143. The molecule has 84 valence electrons. The van der Waals surface area contributed by atoms with E-state index >= 15 is 0 Å². The lowest BCUT2D eigenvalue weighted by Crippen LogP contribution is -2.07. The summed E-state index contributed by atoms with van der Waals surface area (Å²) in [6.07, 6.45) is 0.883. The molecule has 0 aromatic carbocycles. The van der Waals surface area contributed by atoms with Gasteiger partial charge in [-0.1, -0.05) is 6.92 Å². The molecule has 0 saturated carbocycles. The van der Waals surface area contributed by atoms with Crippen LogP contribution in [0.25, 0.3) is 0 Å². The van der Waals surface area contributed by atoms with E-state index in [2.05, 4.69) is 11.9 Å². The molecule has 0 aliphatic rings. The van der Waals surface area contributed by atoms with Crippen molar-refractivity contribution < 1.29 is 9.47 Å².